The smallest absolute Gasteiger partial charge is 0.121 e. The van der Waals surface area contributed by atoms with Crippen molar-refractivity contribution in [2.24, 2.45) is 0 Å². The Hall–Kier alpha value is -4.90. The van der Waals surface area contributed by atoms with Crippen molar-refractivity contribution in [2.45, 2.75) is 74.3 Å². The van der Waals surface area contributed by atoms with Crippen LogP contribution in [0.5, 0.6) is 0 Å². The Morgan fingerprint density at radius 2 is 1.02 bits per heavy atom. The second-order valence-electron chi connectivity index (χ2n) is 12.9. The zero-order valence-electron chi connectivity index (χ0n) is 28.0. The van der Waals surface area contributed by atoms with Gasteiger partial charge in [0.1, 0.15) is 5.69 Å². The highest BCUT2D eigenvalue weighted by Crippen LogP contribution is 2.44. The molecule has 8 rings (SSSR count). The largest absolute Gasteiger partial charge is 0.244 e. The lowest BCUT2D eigenvalue weighted by Crippen LogP contribution is -2.02. The number of aryl methyl sites for hydroxylation is 7. The lowest BCUT2D eigenvalue weighted by molar-refractivity contribution is 0.632. The first kappa shape index (κ1) is 29.8. The average molecular weight is 604 g/mol. The molecule has 0 bridgehead atoms. The molecule has 5 nitrogen and oxygen atoms in total. The number of fused-ring (bicyclic) bond motifs is 10. The second-order valence-corrected chi connectivity index (χ2v) is 12.9. The summed E-state index contributed by atoms with van der Waals surface area (Å²) in [6.07, 6.45) is 2.81. The summed E-state index contributed by atoms with van der Waals surface area (Å²) in [5.74, 6) is 0. The molecule has 2 aliphatic carbocycles. The van der Waals surface area contributed by atoms with Crippen LogP contribution in [0.4, 0.5) is 0 Å². The van der Waals surface area contributed by atoms with Crippen LogP contribution >= 0.6 is 0 Å². The molecule has 46 heavy (non-hydrogen) atoms. The fraction of sp³-hybridized carbons (Fsp3) is 0.268. The van der Waals surface area contributed by atoms with Gasteiger partial charge in [0.05, 0.1) is 17.1 Å². The SMILES string of the molecule is CCc1nnc(C)c2c1-c1ccc(C)cc1Cc1cc(C)ccc1-2.CCn1nnc2c1-c1ccc(C)cc1Cc1cc(C)ccc1-2. The topological polar surface area (TPSA) is 56.5 Å². The molecule has 6 aromatic rings. The first-order valence-corrected chi connectivity index (χ1v) is 16.4. The number of rotatable bonds is 2. The van der Waals surface area contributed by atoms with E-state index in [1.165, 1.54) is 77.9 Å². The number of benzene rings is 4. The van der Waals surface area contributed by atoms with E-state index >= 15 is 0 Å². The van der Waals surface area contributed by atoms with E-state index in [9.17, 15) is 0 Å². The molecule has 0 saturated heterocycles. The van der Waals surface area contributed by atoms with Crippen LogP contribution in [0.25, 0.3) is 44.8 Å². The summed E-state index contributed by atoms with van der Waals surface area (Å²) in [5.41, 5.74) is 22.6. The summed E-state index contributed by atoms with van der Waals surface area (Å²) in [5, 5.41) is 17.8. The Bertz CT molecular complexity index is 2130. The van der Waals surface area contributed by atoms with Gasteiger partial charge in [-0.3, -0.25) is 0 Å². The Morgan fingerprint density at radius 3 is 1.57 bits per heavy atom. The highest BCUT2D eigenvalue weighted by Gasteiger charge is 2.26. The maximum Gasteiger partial charge on any atom is 0.121 e. The Kier molecular flexibility index (Phi) is 7.64. The minimum absolute atomic E-state index is 0.830. The Labute approximate surface area is 272 Å². The molecule has 2 aliphatic rings. The third-order valence-electron chi connectivity index (χ3n) is 9.44. The molecule has 5 heteroatoms. The fourth-order valence-corrected chi connectivity index (χ4v) is 7.25. The van der Waals surface area contributed by atoms with Crippen LogP contribution in [0.15, 0.2) is 72.8 Å². The Balaban J connectivity index is 0.000000147. The van der Waals surface area contributed by atoms with Crippen molar-refractivity contribution in [2.75, 3.05) is 0 Å². The van der Waals surface area contributed by atoms with Gasteiger partial charge in [0.2, 0.25) is 0 Å². The molecule has 0 amide bonds. The van der Waals surface area contributed by atoms with Crippen LogP contribution in [0.1, 0.15) is 69.7 Å². The van der Waals surface area contributed by atoms with Gasteiger partial charge in [0.25, 0.3) is 0 Å². The van der Waals surface area contributed by atoms with Gasteiger partial charge in [0.15, 0.2) is 0 Å². The summed E-state index contributed by atoms with van der Waals surface area (Å²) in [7, 11) is 0. The van der Waals surface area contributed by atoms with Gasteiger partial charge in [-0.2, -0.15) is 10.2 Å². The van der Waals surface area contributed by atoms with Gasteiger partial charge in [-0.25, -0.2) is 4.68 Å². The Morgan fingerprint density at radius 1 is 0.543 bits per heavy atom. The molecule has 4 aromatic carbocycles. The lowest BCUT2D eigenvalue weighted by Gasteiger charge is -2.16. The predicted octanol–water partition coefficient (Wildman–Crippen LogP) is 9.36. The predicted molar refractivity (Wildman–Crippen MR) is 188 cm³/mol. The van der Waals surface area contributed by atoms with Gasteiger partial charge in [-0.15, -0.1) is 5.10 Å². The molecule has 2 aromatic heterocycles. The van der Waals surface area contributed by atoms with E-state index in [4.69, 9.17) is 0 Å². The number of hydrogen-bond donors (Lipinski definition) is 0. The maximum absolute atomic E-state index is 4.51. The number of nitrogens with zero attached hydrogens (tertiary/aromatic N) is 5. The van der Waals surface area contributed by atoms with E-state index in [2.05, 4.69) is 142 Å². The third kappa shape index (κ3) is 5.14. The standard InChI is InChI=1S/C22H22N2.C19H19N3/c1-5-20-22-19-9-7-14(3)11-17(19)12-16-10-13(2)6-8-18(16)21(22)15(4)23-24-20;1-4-22-19-17-8-6-13(3)10-15(17)11-14-9-12(2)5-7-16(14)18(19)20-21-22/h6-11H,5,12H2,1-4H3;5-10H,4,11H2,1-3H3. The van der Waals surface area contributed by atoms with Crippen molar-refractivity contribution in [1.29, 1.82) is 0 Å². The van der Waals surface area contributed by atoms with E-state index < -0.39 is 0 Å². The first-order chi connectivity index (χ1) is 22.2. The summed E-state index contributed by atoms with van der Waals surface area (Å²) in [4.78, 5) is 0. The minimum Gasteiger partial charge on any atom is -0.244 e. The van der Waals surface area contributed by atoms with Crippen molar-refractivity contribution in [3.05, 3.63) is 129 Å². The van der Waals surface area contributed by atoms with E-state index in [-0.39, 0.29) is 0 Å². The van der Waals surface area contributed by atoms with Gasteiger partial charge >= 0.3 is 0 Å². The van der Waals surface area contributed by atoms with Crippen molar-refractivity contribution in [1.82, 2.24) is 25.2 Å². The van der Waals surface area contributed by atoms with Crippen molar-refractivity contribution < 1.29 is 0 Å². The molecule has 0 unspecified atom stereocenters. The summed E-state index contributed by atoms with van der Waals surface area (Å²) < 4.78 is 2.01. The van der Waals surface area contributed by atoms with Crippen LogP contribution < -0.4 is 0 Å². The molecule has 0 radical (unpaired) electrons. The summed E-state index contributed by atoms with van der Waals surface area (Å²) >= 11 is 0. The zero-order chi connectivity index (χ0) is 32.1. The lowest BCUT2D eigenvalue weighted by atomic mass is 9.91. The van der Waals surface area contributed by atoms with E-state index in [1.54, 1.807) is 0 Å². The quantitative estimate of drug-likeness (QED) is 0.198. The molecule has 0 saturated carbocycles. The summed E-state index contributed by atoms with van der Waals surface area (Å²) in [6, 6.07) is 26.9. The fourth-order valence-electron chi connectivity index (χ4n) is 7.25. The number of aromatic nitrogens is 5. The second kappa shape index (κ2) is 11.8. The van der Waals surface area contributed by atoms with E-state index in [0.717, 1.165) is 48.6 Å². The molecule has 0 N–H and O–H groups in total. The van der Waals surface area contributed by atoms with Gasteiger partial charge in [-0.05, 0) is 94.2 Å². The van der Waals surface area contributed by atoms with Gasteiger partial charge in [-0.1, -0.05) is 107 Å². The molecular formula is C41H41N5. The monoisotopic (exact) mass is 603 g/mol. The molecule has 0 fully saturated rings. The highest BCUT2D eigenvalue weighted by atomic mass is 15.4. The van der Waals surface area contributed by atoms with E-state index in [0.29, 0.717) is 0 Å². The van der Waals surface area contributed by atoms with Gasteiger partial charge < -0.3 is 0 Å². The zero-order valence-corrected chi connectivity index (χ0v) is 28.0. The number of hydrogen-bond acceptors (Lipinski definition) is 4. The van der Waals surface area contributed by atoms with Crippen molar-refractivity contribution in [3.8, 4) is 44.8 Å². The molecule has 2 heterocycles. The molecular weight excluding hydrogens is 562 g/mol. The van der Waals surface area contributed by atoms with Crippen LogP contribution in [0.3, 0.4) is 0 Å². The summed E-state index contributed by atoms with van der Waals surface area (Å²) in [6.45, 7) is 15.8. The third-order valence-corrected chi connectivity index (χ3v) is 9.44. The van der Waals surface area contributed by atoms with Crippen molar-refractivity contribution in [3.63, 3.8) is 0 Å². The highest BCUT2D eigenvalue weighted by molar-refractivity contribution is 5.91. The first-order valence-electron chi connectivity index (χ1n) is 16.4. The van der Waals surface area contributed by atoms with E-state index in [1.807, 2.05) is 4.68 Å². The molecule has 0 spiro atoms. The average Bonchev–Trinajstić information content (AvgIpc) is 3.33. The van der Waals surface area contributed by atoms with Crippen LogP contribution in [0, 0.1) is 34.6 Å². The maximum atomic E-state index is 4.51. The van der Waals surface area contributed by atoms with Gasteiger partial charge in [0, 0.05) is 28.8 Å². The minimum atomic E-state index is 0.830. The van der Waals surface area contributed by atoms with Crippen LogP contribution in [-0.2, 0) is 25.8 Å². The normalized spacial score (nSPS) is 12.2. The molecule has 230 valence electrons. The van der Waals surface area contributed by atoms with Crippen LogP contribution in [0.2, 0.25) is 0 Å². The van der Waals surface area contributed by atoms with Crippen LogP contribution in [-0.4, -0.2) is 25.2 Å². The molecule has 0 aliphatic heterocycles. The van der Waals surface area contributed by atoms with Crippen molar-refractivity contribution >= 4 is 0 Å². The molecule has 0 atom stereocenters.